The molecule has 6 unspecified atom stereocenters. The highest BCUT2D eigenvalue weighted by Gasteiger charge is 2.44. The molecule has 6 atom stereocenters. The predicted molar refractivity (Wildman–Crippen MR) is 132 cm³/mol. The van der Waals surface area contributed by atoms with Gasteiger partial charge in [0.05, 0.1) is 19.8 Å². The highest BCUT2D eigenvalue weighted by Crippen LogP contribution is 2.22. The molecule has 208 valence electrons. The minimum atomic E-state index is -1.52. The summed E-state index contributed by atoms with van der Waals surface area (Å²) in [6, 6.07) is 0. The topological polar surface area (TPSA) is 135 Å². The van der Waals surface area contributed by atoms with Gasteiger partial charge in [-0.3, -0.25) is 4.79 Å². The molecular weight excluding hydrogens is 456 g/mol. The molecular formula is C26H50O9. The Bertz CT molecular complexity index is 517. The van der Waals surface area contributed by atoms with Gasteiger partial charge in [-0.1, -0.05) is 78.1 Å². The lowest BCUT2D eigenvalue weighted by atomic mass is 9.99. The van der Waals surface area contributed by atoms with E-state index in [1.165, 1.54) is 38.5 Å². The van der Waals surface area contributed by atoms with E-state index >= 15 is 0 Å². The van der Waals surface area contributed by atoms with Crippen LogP contribution in [-0.2, 0) is 23.7 Å². The van der Waals surface area contributed by atoms with Crippen molar-refractivity contribution in [2.24, 2.45) is 0 Å². The average Bonchev–Trinajstić information content (AvgIpc) is 2.85. The first-order chi connectivity index (χ1) is 16.9. The number of esters is 1. The number of hydrogen-bond donors (Lipinski definition) is 4. The zero-order chi connectivity index (χ0) is 25.9. The van der Waals surface area contributed by atoms with E-state index in [-0.39, 0.29) is 19.2 Å². The molecule has 4 N–H and O–H groups in total. The molecule has 0 aliphatic carbocycles. The number of rotatable bonds is 21. The monoisotopic (exact) mass is 506 g/mol. The summed E-state index contributed by atoms with van der Waals surface area (Å²) in [5.74, 6) is -0.334. The van der Waals surface area contributed by atoms with Crippen LogP contribution in [0.2, 0.25) is 0 Å². The Morgan fingerprint density at radius 3 is 2.03 bits per heavy atom. The predicted octanol–water partition coefficient (Wildman–Crippen LogP) is 2.84. The lowest BCUT2D eigenvalue weighted by molar-refractivity contribution is -0.305. The van der Waals surface area contributed by atoms with Gasteiger partial charge in [-0.25, -0.2) is 0 Å². The SMILES string of the molecule is CCCCCCCCCCOCC(COC1OC(CO)C(O)C(O)C1O)OC(=O)CCCCCC. The van der Waals surface area contributed by atoms with Crippen molar-refractivity contribution in [3.05, 3.63) is 0 Å². The molecule has 0 saturated carbocycles. The largest absolute Gasteiger partial charge is 0.457 e. The van der Waals surface area contributed by atoms with Crippen molar-refractivity contribution in [3.8, 4) is 0 Å². The van der Waals surface area contributed by atoms with E-state index in [9.17, 15) is 25.2 Å². The summed E-state index contributed by atoms with van der Waals surface area (Å²) < 4.78 is 22.2. The minimum Gasteiger partial charge on any atom is -0.457 e. The third kappa shape index (κ3) is 13.9. The van der Waals surface area contributed by atoms with Gasteiger partial charge in [-0.05, 0) is 12.8 Å². The maximum absolute atomic E-state index is 12.3. The van der Waals surface area contributed by atoms with E-state index in [1.54, 1.807) is 0 Å². The minimum absolute atomic E-state index is 0.110. The highest BCUT2D eigenvalue weighted by molar-refractivity contribution is 5.69. The van der Waals surface area contributed by atoms with Crippen molar-refractivity contribution in [3.63, 3.8) is 0 Å². The third-order valence-corrected chi connectivity index (χ3v) is 6.27. The van der Waals surface area contributed by atoms with Crippen molar-refractivity contribution in [1.29, 1.82) is 0 Å². The number of aliphatic hydroxyl groups is 4. The summed E-state index contributed by atoms with van der Waals surface area (Å²) >= 11 is 0. The fourth-order valence-corrected chi connectivity index (χ4v) is 4.02. The van der Waals surface area contributed by atoms with Crippen molar-refractivity contribution < 1.29 is 44.2 Å². The molecule has 0 aromatic carbocycles. The molecule has 1 fully saturated rings. The third-order valence-electron chi connectivity index (χ3n) is 6.27. The molecule has 35 heavy (non-hydrogen) atoms. The second-order valence-electron chi connectivity index (χ2n) is 9.50. The Balaban J connectivity index is 2.44. The van der Waals surface area contributed by atoms with Crippen LogP contribution in [0.25, 0.3) is 0 Å². The molecule has 1 aliphatic heterocycles. The van der Waals surface area contributed by atoms with Gasteiger partial charge in [0.1, 0.15) is 30.5 Å². The molecule has 9 heteroatoms. The first kappa shape index (κ1) is 32.2. The standard InChI is InChI=1S/C26H50O9/c1-3-5-7-9-10-11-12-14-16-32-18-20(34-22(28)15-13-8-6-4-2)19-33-26-25(31)24(30)23(29)21(17-27)35-26/h20-21,23-27,29-31H,3-19H2,1-2H3. The van der Waals surface area contributed by atoms with Gasteiger partial charge < -0.3 is 39.4 Å². The van der Waals surface area contributed by atoms with Gasteiger partial charge in [0.2, 0.25) is 0 Å². The van der Waals surface area contributed by atoms with E-state index in [1.807, 2.05) is 0 Å². The molecule has 0 radical (unpaired) electrons. The first-order valence-electron chi connectivity index (χ1n) is 13.6. The quantitative estimate of drug-likeness (QED) is 0.137. The number of hydrogen-bond acceptors (Lipinski definition) is 9. The van der Waals surface area contributed by atoms with Crippen LogP contribution in [-0.4, -0.2) is 89.6 Å². The first-order valence-corrected chi connectivity index (χ1v) is 13.6. The van der Waals surface area contributed by atoms with Crippen molar-refractivity contribution in [2.45, 2.75) is 134 Å². The zero-order valence-electron chi connectivity index (χ0n) is 21.8. The summed E-state index contributed by atoms with van der Waals surface area (Å²) in [4.78, 5) is 12.3. The maximum Gasteiger partial charge on any atom is 0.306 e. The molecule has 0 spiro atoms. The molecule has 1 aliphatic rings. The Morgan fingerprint density at radius 1 is 0.800 bits per heavy atom. The van der Waals surface area contributed by atoms with Crippen LogP contribution in [0.5, 0.6) is 0 Å². The summed E-state index contributed by atoms with van der Waals surface area (Å²) in [6.45, 7) is 4.37. The molecule has 0 aromatic heterocycles. The Morgan fingerprint density at radius 2 is 1.40 bits per heavy atom. The maximum atomic E-state index is 12.3. The smallest absolute Gasteiger partial charge is 0.306 e. The van der Waals surface area contributed by atoms with E-state index < -0.39 is 43.4 Å². The van der Waals surface area contributed by atoms with E-state index in [0.29, 0.717) is 13.0 Å². The molecule has 9 nitrogen and oxygen atoms in total. The lowest BCUT2D eigenvalue weighted by Crippen LogP contribution is -2.59. The van der Waals surface area contributed by atoms with Gasteiger partial charge >= 0.3 is 5.97 Å². The average molecular weight is 507 g/mol. The van der Waals surface area contributed by atoms with Crippen LogP contribution in [0.15, 0.2) is 0 Å². The number of aliphatic hydroxyl groups excluding tert-OH is 4. The Kier molecular flexibility index (Phi) is 18.7. The van der Waals surface area contributed by atoms with E-state index in [2.05, 4.69) is 13.8 Å². The molecule has 1 saturated heterocycles. The van der Waals surface area contributed by atoms with E-state index in [4.69, 9.17) is 18.9 Å². The van der Waals surface area contributed by atoms with Crippen molar-refractivity contribution in [1.82, 2.24) is 0 Å². The van der Waals surface area contributed by atoms with Crippen molar-refractivity contribution >= 4 is 5.97 Å². The lowest BCUT2D eigenvalue weighted by Gasteiger charge is -2.39. The summed E-state index contributed by atoms with van der Waals surface area (Å²) in [5.41, 5.74) is 0. The second kappa shape index (κ2) is 20.3. The number of unbranched alkanes of at least 4 members (excludes halogenated alkanes) is 10. The van der Waals surface area contributed by atoms with Gasteiger partial charge in [-0.15, -0.1) is 0 Å². The van der Waals surface area contributed by atoms with Crippen LogP contribution < -0.4 is 0 Å². The fourth-order valence-electron chi connectivity index (χ4n) is 4.02. The second-order valence-corrected chi connectivity index (χ2v) is 9.50. The van der Waals surface area contributed by atoms with Gasteiger partial charge in [0.15, 0.2) is 6.29 Å². The van der Waals surface area contributed by atoms with Crippen molar-refractivity contribution in [2.75, 3.05) is 26.4 Å². The van der Waals surface area contributed by atoms with Crippen LogP contribution >= 0.6 is 0 Å². The summed E-state index contributed by atoms with van der Waals surface area (Å²) in [7, 11) is 0. The molecule has 0 aromatic rings. The Labute approximate surface area is 211 Å². The highest BCUT2D eigenvalue weighted by atomic mass is 16.7. The normalized spacial score (nSPS) is 25.5. The van der Waals surface area contributed by atoms with Crippen LogP contribution in [0, 0.1) is 0 Å². The van der Waals surface area contributed by atoms with Gasteiger partial charge in [0, 0.05) is 13.0 Å². The van der Waals surface area contributed by atoms with Crippen LogP contribution in [0.4, 0.5) is 0 Å². The van der Waals surface area contributed by atoms with Gasteiger partial charge in [0.25, 0.3) is 0 Å². The number of ether oxygens (including phenoxy) is 4. The molecule has 1 heterocycles. The van der Waals surface area contributed by atoms with Gasteiger partial charge in [-0.2, -0.15) is 0 Å². The zero-order valence-corrected chi connectivity index (χ0v) is 21.8. The fraction of sp³-hybridized carbons (Fsp3) is 0.962. The van der Waals surface area contributed by atoms with Crippen LogP contribution in [0.1, 0.15) is 97.3 Å². The van der Waals surface area contributed by atoms with E-state index in [0.717, 1.165) is 38.5 Å². The molecule has 0 bridgehead atoms. The molecule has 1 rings (SSSR count). The van der Waals surface area contributed by atoms with Crippen LogP contribution in [0.3, 0.4) is 0 Å². The Hall–Kier alpha value is -0.810. The summed E-state index contributed by atoms with van der Waals surface area (Å²) in [6.07, 6.45) is 6.24. The molecule has 0 amide bonds. The number of carbonyl (C=O) groups excluding carboxylic acids is 1. The number of carbonyl (C=O) groups is 1. The summed E-state index contributed by atoms with van der Waals surface area (Å²) in [5, 5.41) is 39.4.